The Bertz CT molecular complexity index is 253. The monoisotopic (exact) mass is 196 g/mol. The van der Waals surface area contributed by atoms with Crippen molar-refractivity contribution < 1.29 is 64.9 Å². The first-order valence-electron chi connectivity index (χ1n) is 3.24. The van der Waals surface area contributed by atoms with Crippen LogP contribution in [0.5, 0.6) is 5.75 Å². The van der Waals surface area contributed by atoms with Crippen LogP contribution in [0.1, 0.15) is 6.92 Å². The van der Waals surface area contributed by atoms with Gasteiger partial charge in [0.15, 0.2) is 0 Å². The van der Waals surface area contributed by atoms with E-state index < -0.39 is 11.6 Å². The molecule has 0 saturated heterocycles. The first-order chi connectivity index (χ1) is 5.25. The molecule has 0 aliphatic rings. The topological polar surface area (TPSA) is 9.23 Å². The van der Waals surface area contributed by atoms with E-state index >= 15 is 0 Å². The molecule has 60 valence electrons. The Morgan fingerprint density at radius 2 is 2.17 bits per heavy atom. The molecule has 1 nitrogen and oxygen atoms in total. The fourth-order valence-corrected chi connectivity index (χ4v) is 0.702. The smallest absolute Gasteiger partial charge is 0.516 e. The summed E-state index contributed by atoms with van der Waals surface area (Å²) in [5.41, 5.74) is 0. The zero-order valence-electron chi connectivity index (χ0n) is 7.03. The molecule has 0 heterocycles. The van der Waals surface area contributed by atoms with Gasteiger partial charge in [-0.3, -0.25) is 4.39 Å². The van der Waals surface area contributed by atoms with Crippen LogP contribution in [-0.4, -0.2) is 6.61 Å². The molecule has 1 aromatic carbocycles. The third kappa shape index (κ3) is 3.10. The van der Waals surface area contributed by atoms with Gasteiger partial charge in [0.05, 0.1) is 12.4 Å². The van der Waals surface area contributed by atoms with Crippen molar-refractivity contribution in [3.63, 3.8) is 0 Å². The fraction of sp³-hybridized carbons (Fsp3) is 0.250. The minimum absolute atomic E-state index is 0. The molecule has 1 rings (SSSR count). The molecule has 0 spiro atoms. The zero-order valence-corrected chi connectivity index (χ0v) is 10.1. The van der Waals surface area contributed by atoms with Gasteiger partial charge in [0.25, 0.3) is 0 Å². The number of halogens is 2. The molecular weight excluding hydrogens is 189 g/mol. The van der Waals surface area contributed by atoms with Crippen molar-refractivity contribution in [2.75, 3.05) is 6.61 Å². The van der Waals surface area contributed by atoms with E-state index in [1.54, 1.807) is 6.92 Å². The van der Waals surface area contributed by atoms with Crippen LogP contribution < -0.4 is 56.1 Å². The minimum Gasteiger partial charge on any atom is -0.516 e. The van der Waals surface area contributed by atoms with Gasteiger partial charge in [-0.15, -0.1) is 12.1 Å². The van der Waals surface area contributed by atoms with Gasteiger partial charge in [-0.2, -0.15) is 6.07 Å². The van der Waals surface area contributed by atoms with Crippen molar-refractivity contribution in [2.45, 2.75) is 6.92 Å². The molecule has 0 radical (unpaired) electrons. The summed E-state index contributed by atoms with van der Waals surface area (Å²) in [5.74, 6) is -2.05. The summed E-state index contributed by atoms with van der Waals surface area (Å²) < 4.78 is 29.8. The Balaban J connectivity index is 0.00000121. The summed E-state index contributed by atoms with van der Waals surface area (Å²) in [6, 6.07) is 4.69. The van der Waals surface area contributed by atoms with Crippen LogP contribution in [0.25, 0.3) is 0 Å². The van der Waals surface area contributed by atoms with Gasteiger partial charge in [0.2, 0.25) is 0 Å². The normalized spacial score (nSPS) is 8.92. The van der Waals surface area contributed by atoms with Crippen molar-refractivity contribution >= 4 is 0 Å². The van der Waals surface area contributed by atoms with Gasteiger partial charge < -0.3 is 4.74 Å². The molecule has 0 amide bonds. The van der Waals surface area contributed by atoms with Crippen LogP contribution in [0, 0.1) is 17.7 Å². The zero-order chi connectivity index (χ0) is 8.27. The molecule has 0 unspecified atom stereocenters. The molecule has 0 aromatic heterocycles. The third-order valence-corrected chi connectivity index (χ3v) is 1.15. The van der Waals surface area contributed by atoms with Crippen molar-refractivity contribution in [1.82, 2.24) is 0 Å². The number of ether oxygens (including phenoxy) is 1. The standard InChI is InChI=1S/C8H7F2O.K/c1-2-11-7-5-3-4-6(9)8(7)10;/h3,5H,2H2,1H3;/q-1;+1. The summed E-state index contributed by atoms with van der Waals surface area (Å²) >= 11 is 0. The van der Waals surface area contributed by atoms with E-state index in [0.29, 0.717) is 6.61 Å². The summed E-state index contributed by atoms with van der Waals surface area (Å²) in [5, 5.41) is 0. The van der Waals surface area contributed by atoms with E-state index in [4.69, 9.17) is 4.74 Å². The van der Waals surface area contributed by atoms with Crippen LogP contribution >= 0.6 is 0 Å². The summed E-state index contributed by atoms with van der Waals surface area (Å²) in [4.78, 5) is 0. The molecule has 1 aromatic rings. The van der Waals surface area contributed by atoms with Crippen LogP contribution in [-0.2, 0) is 0 Å². The van der Waals surface area contributed by atoms with Crippen molar-refractivity contribution in [3.05, 3.63) is 29.8 Å². The molecule has 0 aliphatic heterocycles. The summed E-state index contributed by atoms with van der Waals surface area (Å²) in [6.45, 7) is 2.02. The Kier molecular flexibility index (Phi) is 6.30. The first-order valence-corrected chi connectivity index (χ1v) is 3.24. The fourth-order valence-electron chi connectivity index (χ4n) is 0.702. The second kappa shape index (κ2) is 6.04. The minimum atomic E-state index is -1.00. The quantitative estimate of drug-likeness (QED) is 0.443. The predicted octanol–water partition coefficient (Wildman–Crippen LogP) is -0.832. The van der Waals surface area contributed by atoms with Crippen LogP contribution in [0.4, 0.5) is 8.78 Å². The van der Waals surface area contributed by atoms with Gasteiger partial charge >= 0.3 is 51.4 Å². The summed E-state index contributed by atoms with van der Waals surface area (Å²) in [6.07, 6.45) is 0. The van der Waals surface area contributed by atoms with E-state index in [1.165, 1.54) is 12.1 Å². The Hall–Kier alpha value is 0.516. The Morgan fingerprint density at radius 3 is 2.75 bits per heavy atom. The molecule has 4 heteroatoms. The van der Waals surface area contributed by atoms with Crippen LogP contribution in [0.2, 0.25) is 0 Å². The van der Waals surface area contributed by atoms with E-state index in [2.05, 4.69) is 6.07 Å². The van der Waals surface area contributed by atoms with E-state index in [-0.39, 0.29) is 57.1 Å². The third-order valence-electron chi connectivity index (χ3n) is 1.15. The number of rotatable bonds is 2. The van der Waals surface area contributed by atoms with Gasteiger partial charge in [0, 0.05) is 11.6 Å². The molecule has 12 heavy (non-hydrogen) atoms. The van der Waals surface area contributed by atoms with E-state index in [1.807, 2.05) is 0 Å². The van der Waals surface area contributed by atoms with Gasteiger partial charge in [0.1, 0.15) is 0 Å². The molecule has 0 bridgehead atoms. The average molecular weight is 196 g/mol. The molecule has 0 atom stereocenters. The van der Waals surface area contributed by atoms with Crippen molar-refractivity contribution in [3.8, 4) is 5.75 Å². The van der Waals surface area contributed by atoms with Crippen molar-refractivity contribution in [2.24, 2.45) is 0 Å². The average Bonchev–Trinajstić information content (AvgIpc) is 1.99. The maximum atomic E-state index is 12.7. The molecule has 0 aliphatic carbocycles. The Labute approximate surface area is 113 Å². The second-order valence-corrected chi connectivity index (χ2v) is 1.90. The molecule has 0 N–H and O–H groups in total. The van der Waals surface area contributed by atoms with Crippen LogP contribution in [0.3, 0.4) is 0 Å². The number of hydrogen-bond acceptors (Lipinski definition) is 1. The summed E-state index contributed by atoms with van der Waals surface area (Å²) in [7, 11) is 0. The molecule has 0 saturated carbocycles. The second-order valence-electron chi connectivity index (χ2n) is 1.90. The first kappa shape index (κ1) is 12.5. The predicted molar refractivity (Wildman–Crippen MR) is 36.4 cm³/mol. The van der Waals surface area contributed by atoms with Crippen LogP contribution in [0.15, 0.2) is 12.1 Å². The van der Waals surface area contributed by atoms with E-state index in [9.17, 15) is 8.78 Å². The Morgan fingerprint density at radius 1 is 1.50 bits per heavy atom. The van der Waals surface area contributed by atoms with Crippen molar-refractivity contribution in [1.29, 1.82) is 0 Å². The van der Waals surface area contributed by atoms with Gasteiger partial charge in [-0.05, 0) is 6.92 Å². The maximum absolute atomic E-state index is 12.7. The van der Waals surface area contributed by atoms with Gasteiger partial charge in [-0.1, -0.05) is 0 Å². The largest absolute Gasteiger partial charge is 1.00 e. The maximum Gasteiger partial charge on any atom is 1.00 e. The number of hydrogen-bond donors (Lipinski definition) is 0. The molecule has 0 fully saturated rings. The van der Waals surface area contributed by atoms with Gasteiger partial charge in [-0.25, -0.2) is 4.39 Å². The molecular formula is C8H7F2KO. The number of benzene rings is 1. The van der Waals surface area contributed by atoms with E-state index in [0.717, 1.165) is 0 Å². The SMILES string of the molecule is CCOc1cc[c-]c(F)c1F.[K+].